The molecule has 2 aliphatic heterocycles. The summed E-state index contributed by atoms with van der Waals surface area (Å²) >= 11 is 0. The molecule has 0 unspecified atom stereocenters. The van der Waals surface area contributed by atoms with Gasteiger partial charge in [0.05, 0.1) is 48.7 Å². The molecule has 27 heavy (non-hydrogen) atoms. The molecule has 1 amide bonds. The molecule has 4 rings (SSSR count). The number of aromatic nitrogens is 4. The Kier molecular flexibility index (Phi) is 4.47. The lowest BCUT2D eigenvalue weighted by Crippen LogP contribution is -2.40. The molecule has 2 aliphatic rings. The summed E-state index contributed by atoms with van der Waals surface area (Å²) in [7, 11) is 0. The summed E-state index contributed by atoms with van der Waals surface area (Å²) < 4.78 is 9.30. The molecule has 2 aromatic heterocycles. The smallest absolute Gasteiger partial charge is 0.310 e. The van der Waals surface area contributed by atoms with Gasteiger partial charge in [0.2, 0.25) is 5.91 Å². The van der Waals surface area contributed by atoms with Crippen molar-refractivity contribution in [2.75, 3.05) is 5.32 Å². The summed E-state index contributed by atoms with van der Waals surface area (Å²) in [4.78, 5) is 24.2. The highest BCUT2D eigenvalue weighted by atomic mass is 16.5. The number of carbonyl (C=O) groups excluding carboxylic acids is 1. The number of nitrogens with one attached hydrogen (secondary N) is 1. The average Bonchev–Trinajstić information content (AvgIpc) is 3.40. The van der Waals surface area contributed by atoms with E-state index >= 15 is 0 Å². The first-order chi connectivity index (χ1) is 13.0. The van der Waals surface area contributed by atoms with Crippen molar-refractivity contribution in [3.8, 4) is 0 Å². The van der Waals surface area contributed by atoms with Crippen LogP contribution in [0.2, 0.25) is 0 Å². The highest BCUT2D eigenvalue weighted by molar-refractivity contribution is 5.96. The average molecular weight is 373 g/mol. The molecule has 4 atom stereocenters. The van der Waals surface area contributed by atoms with E-state index in [0.717, 1.165) is 24.2 Å². The van der Waals surface area contributed by atoms with Crippen molar-refractivity contribution >= 4 is 17.6 Å². The number of amides is 1. The van der Waals surface area contributed by atoms with E-state index in [1.54, 1.807) is 17.1 Å². The zero-order valence-corrected chi connectivity index (χ0v) is 15.3. The van der Waals surface area contributed by atoms with E-state index in [1.807, 2.05) is 24.7 Å². The lowest BCUT2D eigenvalue weighted by molar-refractivity contribution is -0.147. The van der Waals surface area contributed by atoms with Crippen LogP contribution in [0, 0.1) is 18.8 Å². The fourth-order valence-electron chi connectivity index (χ4n) is 4.20. The molecule has 2 saturated heterocycles. The van der Waals surface area contributed by atoms with Crippen molar-refractivity contribution in [3.05, 3.63) is 29.8 Å². The molecule has 0 aromatic carbocycles. The molecule has 0 radical (unpaired) electrons. The molecule has 9 heteroatoms. The minimum absolute atomic E-state index is 0.311. The van der Waals surface area contributed by atoms with Gasteiger partial charge in [0.25, 0.3) is 0 Å². The summed E-state index contributed by atoms with van der Waals surface area (Å²) in [5, 5.41) is 20.9. The van der Waals surface area contributed by atoms with Gasteiger partial charge < -0.3 is 15.2 Å². The van der Waals surface area contributed by atoms with Crippen molar-refractivity contribution in [1.82, 2.24) is 19.6 Å². The third kappa shape index (κ3) is 3.12. The first-order valence-electron chi connectivity index (χ1n) is 9.20. The fraction of sp³-hybridized carbons (Fsp3) is 0.556. The van der Waals surface area contributed by atoms with Gasteiger partial charge in [-0.15, -0.1) is 0 Å². The molecule has 2 bridgehead atoms. The minimum atomic E-state index is -0.971. The molecular formula is C18H23N5O4. The number of carbonyl (C=O) groups is 2. The summed E-state index contributed by atoms with van der Waals surface area (Å²) in [6.45, 7) is 5.41. The van der Waals surface area contributed by atoms with Gasteiger partial charge in [-0.25, -0.2) is 0 Å². The van der Waals surface area contributed by atoms with Crippen LogP contribution in [0.4, 0.5) is 5.69 Å². The lowest BCUT2D eigenvalue weighted by atomic mass is 9.78. The number of carboxylic acid groups (broad SMARTS) is 1. The topological polar surface area (TPSA) is 111 Å². The first-order valence-corrected chi connectivity index (χ1v) is 9.20. The lowest BCUT2D eigenvalue weighted by Gasteiger charge is -2.23. The van der Waals surface area contributed by atoms with Crippen LogP contribution in [0.15, 0.2) is 18.6 Å². The Morgan fingerprint density at radius 3 is 2.67 bits per heavy atom. The molecule has 2 N–H and O–H groups in total. The highest BCUT2D eigenvalue weighted by Gasteiger charge is 2.55. The van der Waals surface area contributed by atoms with Gasteiger partial charge in [-0.2, -0.15) is 10.2 Å². The second kappa shape index (κ2) is 6.80. The zero-order valence-electron chi connectivity index (χ0n) is 15.3. The second-order valence-corrected chi connectivity index (χ2v) is 7.17. The van der Waals surface area contributed by atoms with E-state index in [2.05, 4.69) is 15.5 Å². The van der Waals surface area contributed by atoms with Crippen LogP contribution in [-0.4, -0.2) is 48.8 Å². The van der Waals surface area contributed by atoms with Gasteiger partial charge in [-0.3, -0.25) is 19.0 Å². The number of fused-ring (bicyclic) bond motifs is 2. The van der Waals surface area contributed by atoms with Gasteiger partial charge in [0.15, 0.2) is 0 Å². The van der Waals surface area contributed by atoms with Crippen LogP contribution in [0.1, 0.15) is 31.0 Å². The van der Waals surface area contributed by atoms with Gasteiger partial charge in [0, 0.05) is 24.0 Å². The highest BCUT2D eigenvalue weighted by Crippen LogP contribution is 2.44. The van der Waals surface area contributed by atoms with Crippen molar-refractivity contribution in [2.24, 2.45) is 11.8 Å². The Morgan fingerprint density at radius 1 is 1.26 bits per heavy atom. The zero-order chi connectivity index (χ0) is 19.1. The van der Waals surface area contributed by atoms with Crippen molar-refractivity contribution in [2.45, 2.75) is 52.0 Å². The van der Waals surface area contributed by atoms with E-state index in [9.17, 15) is 14.7 Å². The third-order valence-corrected chi connectivity index (χ3v) is 5.60. The van der Waals surface area contributed by atoms with E-state index in [-0.39, 0.29) is 18.1 Å². The number of ether oxygens (including phenoxy) is 1. The van der Waals surface area contributed by atoms with Crippen LogP contribution in [0.25, 0.3) is 0 Å². The van der Waals surface area contributed by atoms with E-state index in [0.29, 0.717) is 18.7 Å². The Hall–Kier alpha value is -2.68. The third-order valence-electron chi connectivity index (χ3n) is 5.60. The number of anilines is 1. The standard InChI is InChI=1S/C18H23N5O4/c1-3-23-10(2)11(6-20-23)8-22-9-12(7-19-22)21-17(24)15-13-4-5-14(27-13)16(15)18(25)26/h6-7,9,13-16H,3-5,8H2,1-2H3,(H,21,24)(H,25,26)/t13-,14-,15+,16-/m0/s1. The van der Waals surface area contributed by atoms with Crippen molar-refractivity contribution in [1.29, 1.82) is 0 Å². The van der Waals surface area contributed by atoms with E-state index in [1.165, 1.54) is 0 Å². The number of hydrogen-bond acceptors (Lipinski definition) is 5. The largest absolute Gasteiger partial charge is 0.481 e. The van der Waals surface area contributed by atoms with Gasteiger partial charge in [-0.1, -0.05) is 0 Å². The minimum Gasteiger partial charge on any atom is -0.481 e. The predicted octanol–water partition coefficient (Wildman–Crippen LogP) is 1.27. The molecule has 0 aliphatic carbocycles. The predicted molar refractivity (Wildman–Crippen MR) is 95.1 cm³/mol. The second-order valence-electron chi connectivity index (χ2n) is 7.17. The number of aliphatic carboxylic acids is 1. The van der Waals surface area contributed by atoms with Gasteiger partial charge in [0.1, 0.15) is 0 Å². The van der Waals surface area contributed by atoms with Crippen LogP contribution in [0.5, 0.6) is 0 Å². The number of aryl methyl sites for hydroxylation is 1. The first kappa shape index (κ1) is 17.7. The number of nitrogens with zero attached hydrogens (tertiary/aromatic N) is 4. The Labute approximate surface area is 156 Å². The summed E-state index contributed by atoms with van der Waals surface area (Å²) in [5.41, 5.74) is 2.69. The SMILES string of the molecule is CCn1ncc(Cn2cc(NC(=O)[C@H]3[C@@H](C(=O)O)[C@@H]4CC[C@@H]3O4)cn2)c1C. The van der Waals surface area contributed by atoms with Crippen LogP contribution >= 0.6 is 0 Å². The summed E-state index contributed by atoms with van der Waals surface area (Å²) in [6, 6.07) is 0. The van der Waals surface area contributed by atoms with Crippen LogP contribution in [-0.2, 0) is 27.4 Å². The normalized spacial score (nSPS) is 26.4. The molecule has 0 spiro atoms. The molecule has 4 heterocycles. The maximum atomic E-state index is 12.7. The van der Waals surface area contributed by atoms with Gasteiger partial charge in [-0.05, 0) is 26.7 Å². The van der Waals surface area contributed by atoms with Crippen LogP contribution in [0.3, 0.4) is 0 Å². The van der Waals surface area contributed by atoms with Crippen molar-refractivity contribution < 1.29 is 19.4 Å². The molecule has 0 saturated carbocycles. The molecular weight excluding hydrogens is 350 g/mol. The molecule has 2 fully saturated rings. The molecule has 9 nitrogen and oxygen atoms in total. The van der Waals surface area contributed by atoms with Crippen LogP contribution < -0.4 is 5.32 Å². The maximum Gasteiger partial charge on any atom is 0.310 e. The Balaban J connectivity index is 1.44. The van der Waals surface area contributed by atoms with Gasteiger partial charge >= 0.3 is 5.97 Å². The Bertz CT molecular complexity index is 873. The van der Waals surface area contributed by atoms with E-state index in [4.69, 9.17) is 4.74 Å². The fourth-order valence-corrected chi connectivity index (χ4v) is 4.20. The molecule has 144 valence electrons. The monoisotopic (exact) mass is 373 g/mol. The van der Waals surface area contributed by atoms with Crippen molar-refractivity contribution in [3.63, 3.8) is 0 Å². The number of hydrogen-bond donors (Lipinski definition) is 2. The number of carboxylic acids is 1. The van der Waals surface area contributed by atoms with E-state index < -0.39 is 17.8 Å². The maximum absolute atomic E-state index is 12.7. The quantitative estimate of drug-likeness (QED) is 0.789. The summed E-state index contributed by atoms with van der Waals surface area (Å²) in [6.07, 6.45) is 5.90. The summed E-state index contributed by atoms with van der Waals surface area (Å²) in [5.74, 6) is -2.72. The molecule has 2 aromatic rings. The Morgan fingerprint density at radius 2 is 2.00 bits per heavy atom. The number of rotatable bonds is 6.